The van der Waals surface area contributed by atoms with Gasteiger partial charge in [-0.05, 0) is 5.41 Å². The lowest BCUT2D eigenvalue weighted by Gasteiger charge is -2.24. The van der Waals surface area contributed by atoms with Crippen LogP contribution in [0, 0.1) is 11.3 Å². The summed E-state index contributed by atoms with van der Waals surface area (Å²) in [7, 11) is 1.42. The van der Waals surface area contributed by atoms with Crippen LogP contribution >= 0.6 is 0 Å². The summed E-state index contributed by atoms with van der Waals surface area (Å²) in [6.45, 7) is 7.95. The Hall–Kier alpha value is -0.530. The molecule has 0 fully saturated rings. The normalized spacial score (nSPS) is 14.5. The first-order valence-electron chi connectivity index (χ1n) is 3.47. The maximum absolute atomic E-state index is 10.9. The van der Waals surface area contributed by atoms with Crippen molar-refractivity contribution in [1.29, 1.82) is 0 Å². The number of esters is 1. The first kappa shape index (κ1) is 9.47. The van der Waals surface area contributed by atoms with Crippen LogP contribution in [-0.4, -0.2) is 13.1 Å². The molecule has 1 atom stereocenters. The summed E-state index contributed by atoms with van der Waals surface area (Å²) in [4.78, 5) is 10.9. The van der Waals surface area contributed by atoms with Gasteiger partial charge in [0.05, 0.1) is 13.0 Å². The van der Waals surface area contributed by atoms with E-state index in [0.29, 0.717) is 0 Å². The minimum Gasteiger partial charge on any atom is -0.469 e. The van der Waals surface area contributed by atoms with Crippen molar-refractivity contribution in [3.8, 4) is 0 Å². The molecule has 0 spiro atoms. The maximum atomic E-state index is 10.9. The Balaban J connectivity index is 4.08. The van der Waals surface area contributed by atoms with Gasteiger partial charge < -0.3 is 4.74 Å². The molecule has 0 N–H and O–H groups in total. The molecule has 0 aliphatic carbocycles. The molecule has 0 aliphatic heterocycles. The molecule has 10 heavy (non-hydrogen) atoms. The zero-order valence-corrected chi connectivity index (χ0v) is 7.39. The van der Waals surface area contributed by atoms with Gasteiger partial charge in [-0.3, -0.25) is 4.79 Å². The number of ether oxygens (including phenoxy) is 1. The van der Waals surface area contributed by atoms with Crippen molar-refractivity contribution in [3.05, 3.63) is 0 Å². The second-order valence-corrected chi connectivity index (χ2v) is 3.61. The van der Waals surface area contributed by atoms with E-state index in [0.717, 1.165) is 0 Å². The number of hydrogen-bond donors (Lipinski definition) is 0. The summed E-state index contributed by atoms with van der Waals surface area (Å²) in [5.41, 5.74) is 0.00704. The fourth-order valence-corrected chi connectivity index (χ4v) is 0.530. The molecule has 0 unspecified atom stereocenters. The minimum absolute atomic E-state index is 0.00704. The Morgan fingerprint density at radius 3 is 1.90 bits per heavy atom. The lowest BCUT2D eigenvalue weighted by Crippen LogP contribution is -2.26. The standard InChI is InChI=1S/C8H16O2/c1-6(7(9)10-5)8(2,3)4/h6H,1-5H3/t6-/m1/s1. The molecule has 0 heterocycles. The zero-order valence-electron chi connectivity index (χ0n) is 7.39. The van der Waals surface area contributed by atoms with E-state index in [1.807, 2.05) is 27.7 Å². The summed E-state index contributed by atoms with van der Waals surface area (Å²) in [5.74, 6) is -0.162. The summed E-state index contributed by atoms with van der Waals surface area (Å²) in [5, 5.41) is 0. The lowest BCUT2D eigenvalue weighted by atomic mass is 9.82. The van der Waals surface area contributed by atoms with E-state index in [1.165, 1.54) is 7.11 Å². The van der Waals surface area contributed by atoms with Crippen molar-refractivity contribution in [2.75, 3.05) is 7.11 Å². The van der Waals surface area contributed by atoms with Gasteiger partial charge >= 0.3 is 5.97 Å². The van der Waals surface area contributed by atoms with Gasteiger partial charge in [-0.15, -0.1) is 0 Å². The molecule has 0 saturated carbocycles. The van der Waals surface area contributed by atoms with Gasteiger partial charge in [0.25, 0.3) is 0 Å². The van der Waals surface area contributed by atoms with Gasteiger partial charge in [0.2, 0.25) is 0 Å². The van der Waals surface area contributed by atoms with E-state index < -0.39 is 0 Å². The zero-order chi connectivity index (χ0) is 8.36. The van der Waals surface area contributed by atoms with Crippen LogP contribution in [0.5, 0.6) is 0 Å². The van der Waals surface area contributed by atoms with Crippen LogP contribution in [0.3, 0.4) is 0 Å². The predicted octanol–water partition coefficient (Wildman–Crippen LogP) is 1.84. The molecule has 0 rings (SSSR count). The van der Waals surface area contributed by atoms with E-state index in [9.17, 15) is 4.79 Å². The van der Waals surface area contributed by atoms with Gasteiger partial charge in [0.15, 0.2) is 0 Å². The first-order valence-corrected chi connectivity index (χ1v) is 3.47. The van der Waals surface area contributed by atoms with Crippen molar-refractivity contribution in [1.82, 2.24) is 0 Å². The highest BCUT2D eigenvalue weighted by atomic mass is 16.5. The fourth-order valence-electron chi connectivity index (χ4n) is 0.530. The SMILES string of the molecule is COC(=O)[C@@H](C)C(C)(C)C. The predicted molar refractivity (Wildman–Crippen MR) is 40.6 cm³/mol. The molecule has 0 aromatic heterocycles. The third-order valence-corrected chi connectivity index (χ3v) is 1.85. The van der Waals surface area contributed by atoms with Crippen molar-refractivity contribution in [3.63, 3.8) is 0 Å². The molecule has 60 valence electrons. The topological polar surface area (TPSA) is 26.3 Å². The number of carbonyl (C=O) groups excluding carboxylic acids is 1. The smallest absolute Gasteiger partial charge is 0.308 e. The Labute approximate surface area is 62.6 Å². The Bertz CT molecular complexity index is 122. The average Bonchev–Trinajstić information content (AvgIpc) is 1.83. The highest BCUT2D eigenvalue weighted by Gasteiger charge is 2.27. The minimum atomic E-state index is -0.132. The second-order valence-electron chi connectivity index (χ2n) is 3.61. The second kappa shape index (κ2) is 3.04. The molecular formula is C8H16O2. The third kappa shape index (κ3) is 2.38. The average molecular weight is 144 g/mol. The highest BCUT2D eigenvalue weighted by molar-refractivity contribution is 5.72. The van der Waals surface area contributed by atoms with Crippen molar-refractivity contribution in [2.45, 2.75) is 27.7 Å². The molecule has 0 aromatic rings. The maximum Gasteiger partial charge on any atom is 0.308 e. The van der Waals surface area contributed by atoms with Gasteiger partial charge in [-0.25, -0.2) is 0 Å². The molecular weight excluding hydrogens is 128 g/mol. The third-order valence-electron chi connectivity index (χ3n) is 1.85. The molecule has 0 aliphatic rings. The van der Waals surface area contributed by atoms with Crippen LogP contribution in [0.25, 0.3) is 0 Å². The van der Waals surface area contributed by atoms with Crippen molar-refractivity contribution in [2.24, 2.45) is 11.3 Å². The Morgan fingerprint density at radius 1 is 1.40 bits per heavy atom. The fraction of sp³-hybridized carbons (Fsp3) is 0.875. The van der Waals surface area contributed by atoms with Gasteiger partial charge in [-0.2, -0.15) is 0 Å². The largest absolute Gasteiger partial charge is 0.469 e. The molecule has 0 amide bonds. The molecule has 0 bridgehead atoms. The quantitative estimate of drug-likeness (QED) is 0.525. The van der Waals surface area contributed by atoms with Gasteiger partial charge in [0, 0.05) is 0 Å². The summed E-state index contributed by atoms with van der Waals surface area (Å²) in [6.07, 6.45) is 0. The monoisotopic (exact) mass is 144 g/mol. The van der Waals surface area contributed by atoms with Crippen LogP contribution in [0.15, 0.2) is 0 Å². The van der Waals surface area contributed by atoms with E-state index in [-0.39, 0.29) is 17.3 Å². The molecule has 0 saturated heterocycles. The van der Waals surface area contributed by atoms with Crippen LogP contribution in [-0.2, 0) is 9.53 Å². The van der Waals surface area contributed by atoms with Crippen LogP contribution < -0.4 is 0 Å². The summed E-state index contributed by atoms with van der Waals surface area (Å²) >= 11 is 0. The Morgan fingerprint density at radius 2 is 1.80 bits per heavy atom. The van der Waals surface area contributed by atoms with E-state index in [1.54, 1.807) is 0 Å². The Kier molecular flexibility index (Phi) is 2.88. The number of methoxy groups -OCH3 is 1. The van der Waals surface area contributed by atoms with Crippen molar-refractivity contribution < 1.29 is 9.53 Å². The molecule has 2 nitrogen and oxygen atoms in total. The highest BCUT2D eigenvalue weighted by Crippen LogP contribution is 2.25. The first-order chi connectivity index (χ1) is 4.39. The number of hydrogen-bond acceptors (Lipinski definition) is 2. The van der Waals surface area contributed by atoms with Crippen LogP contribution in [0.1, 0.15) is 27.7 Å². The van der Waals surface area contributed by atoms with E-state index >= 15 is 0 Å². The molecule has 2 heteroatoms. The van der Waals surface area contributed by atoms with Gasteiger partial charge in [0.1, 0.15) is 0 Å². The molecule has 0 radical (unpaired) electrons. The van der Waals surface area contributed by atoms with E-state index in [4.69, 9.17) is 0 Å². The van der Waals surface area contributed by atoms with Crippen LogP contribution in [0.2, 0.25) is 0 Å². The van der Waals surface area contributed by atoms with Crippen molar-refractivity contribution >= 4 is 5.97 Å². The van der Waals surface area contributed by atoms with E-state index in [2.05, 4.69) is 4.74 Å². The lowest BCUT2D eigenvalue weighted by molar-refractivity contribution is -0.148. The number of rotatable bonds is 1. The number of carbonyl (C=O) groups is 1. The molecule has 0 aromatic carbocycles. The summed E-state index contributed by atoms with van der Waals surface area (Å²) in [6, 6.07) is 0. The van der Waals surface area contributed by atoms with Crippen LogP contribution in [0.4, 0.5) is 0 Å². The van der Waals surface area contributed by atoms with Gasteiger partial charge in [-0.1, -0.05) is 27.7 Å². The summed E-state index contributed by atoms with van der Waals surface area (Å²) < 4.78 is 4.60.